The lowest BCUT2D eigenvalue weighted by Gasteiger charge is -2.10. The second-order valence-corrected chi connectivity index (χ2v) is 3.73. The Balaban J connectivity index is -0.000000478. The largest absolute Gasteiger partial charge is 0.507 e. The summed E-state index contributed by atoms with van der Waals surface area (Å²) in [4.78, 5) is 10.6. The van der Waals surface area contributed by atoms with E-state index in [4.69, 9.17) is 10.8 Å². The van der Waals surface area contributed by atoms with Crippen LogP contribution in [-0.2, 0) is 11.2 Å². The van der Waals surface area contributed by atoms with Gasteiger partial charge in [0, 0.05) is 0 Å². The lowest BCUT2D eigenvalue weighted by Crippen LogP contribution is -2.32. The van der Waals surface area contributed by atoms with Gasteiger partial charge in [-0.25, -0.2) is 0 Å². The second kappa shape index (κ2) is 14.9. The molecule has 0 fully saturated rings. The molecule has 0 aliphatic heterocycles. The number of aryl methyl sites for hydroxylation is 2. The van der Waals surface area contributed by atoms with E-state index >= 15 is 0 Å². The predicted molar refractivity (Wildman–Crippen MR) is 90.9 cm³/mol. The minimum absolute atomic E-state index is 0.252. The molecule has 1 aromatic carbocycles. The fourth-order valence-corrected chi connectivity index (χ4v) is 1.50. The molecule has 124 valence electrons. The zero-order chi connectivity index (χ0) is 17.6. The average molecular weight is 299 g/mol. The summed E-state index contributed by atoms with van der Waals surface area (Å²) < 4.78 is 0. The summed E-state index contributed by atoms with van der Waals surface area (Å²) in [7, 11) is 0. The number of phenolic OH excluding ortho intramolecular Hbond substituents is 1. The number of carbonyl (C=O) groups is 1. The average Bonchev–Trinajstić information content (AvgIpc) is 2.50. The highest BCUT2D eigenvalue weighted by Crippen LogP contribution is 2.23. The van der Waals surface area contributed by atoms with Crippen molar-refractivity contribution in [2.75, 3.05) is 0 Å². The molecule has 0 spiro atoms. The van der Waals surface area contributed by atoms with E-state index in [1.807, 2.05) is 41.5 Å². The normalized spacial score (nSPS) is 9.76. The van der Waals surface area contributed by atoms with Crippen molar-refractivity contribution < 1.29 is 15.0 Å². The van der Waals surface area contributed by atoms with Crippen LogP contribution in [0.5, 0.6) is 5.75 Å². The molecule has 0 heterocycles. The molecule has 4 nitrogen and oxygen atoms in total. The predicted octanol–water partition coefficient (Wildman–Crippen LogP) is 4.04. The number of aromatic hydroxyl groups is 1. The molecule has 0 aliphatic carbocycles. The Morgan fingerprint density at radius 1 is 1.05 bits per heavy atom. The lowest BCUT2D eigenvalue weighted by atomic mass is 10.0. The van der Waals surface area contributed by atoms with Crippen LogP contribution in [0.3, 0.4) is 0 Å². The first-order chi connectivity index (χ1) is 9.91. The number of hydrogen-bond donors (Lipinski definition) is 3. The maximum Gasteiger partial charge on any atom is 0.320 e. The highest BCUT2D eigenvalue weighted by atomic mass is 16.4. The van der Waals surface area contributed by atoms with Gasteiger partial charge in [-0.3, -0.25) is 4.79 Å². The van der Waals surface area contributed by atoms with E-state index in [2.05, 4.69) is 0 Å². The van der Waals surface area contributed by atoms with Crippen LogP contribution in [0.15, 0.2) is 12.1 Å². The van der Waals surface area contributed by atoms with E-state index in [9.17, 15) is 9.90 Å². The summed E-state index contributed by atoms with van der Waals surface area (Å²) in [6.07, 6.45) is 0.275. The minimum atomic E-state index is -1.02. The molecule has 1 rings (SSSR count). The van der Waals surface area contributed by atoms with Gasteiger partial charge in [-0.05, 0) is 37.0 Å². The van der Waals surface area contributed by atoms with Crippen LogP contribution < -0.4 is 5.73 Å². The van der Waals surface area contributed by atoms with E-state index in [0.717, 1.165) is 16.7 Å². The number of carboxylic acids is 1. The summed E-state index contributed by atoms with van der Waals surface area (Å²) in [5, 5.41) is 18.2. The van der Waals surface area contributed by atoms with Gasteiger partial charge in [0.25, 0.3) is 0 Å². The smallest absolute Gasteiger partial charge is 0.320 e. The fourth-order valence-electron chi connectivity index (χ4n) is 1.50. The number of hydrogen-bond acceptors (Lipinski definition) is 3. The molecule has 0 saturated heterocycles. The molecule has 1 aromatic rings. The Morgan fingerprint density at radius 3 is 1.67 bits per heavy atom. The summed E-state index contributed by atoms with van der Waals surface area (Å²) >= 11 is 0. The molecule has 0 saturated carbocycles. The molecule has 4 N–H and O–H groups in total. The van der Waals surface area contributed by atoms with Gasteiger partial charge in [-0.15, -0.1) is 0 Å². The first kappa shape index (κ1) is 24.5. The highest BCUT2D eigenvalue weighted by Gasteiger charge is 2.13. The third-order valence-electron chi connectivity index (χ3n) is 2.32. The van der Waals surface area contributed by atoms with Gasteiger partial charge < -0.3 is 15.9 Å². The van der Waals surface area contributed by atoms with Crippen molar-refractivity contribution in [1.82, 2.24) is 0 Å². The maximum atomic E-state index is 10.6. The van der Waals surface area contributed by atoms with E-state index in [1.54, 1.807) is 26.0 Å². The quantitative estimate of drug-likeness (QED) is 0.786. The third-order valence-corrected chi connectivity index (χ3v) is 2.32. The molecule has 1 atom stereocenters. The molecule has 1 unspecified atom stereocenters. The number of phenols is 1. The van der Waals surface area contributed by atoms with Gasteiger partial charge in [-0.2, -0.15) is 0 Å². The van der Waals surface area contributed by atoms with Gasteiger partial charge in [0.15, 0.2) is 0 Å². The topological polar surface area (TPSA) is 83.6 Å². The zero-order valence-electron chi connectivity index (χ0n) is 14.8. The Kier molecular flexibility index (Phi) is 17.3. The van der Waals surface area contributed by atoms with Crippen LogP contribution in [0.25, 0.3) is 0 Å². The number of rotatable bonds is 3. The maximum absolute atomic E-state index is 10.6. The van der Waals surface area contributed by atoms with Crippen molar-refractivity contribution in [3.8, 4) is 5.75 Å². The number of carboxylic acid groups (broad SMARTS) is 1. The van der Waals surface area contributed by atoms with Crippen LogP contribution in [0.2, 0.25) is 0 Å². The molecular formula is C17H33NO3. The Hall–Kier alpha value is -1.55. The van der Waals surface area contributed by atoms with Crippen molar-refractivity contribution in [2.24, 2.45) is 5.73 Å². The minimum Gasteiger partial charge on any atom is -0.507 e. The van der Waals surface area contributed by atoms with Crippen molar-refractivity contribution in [3.63, 3.8) is 0 Å². The summed E-state index contributed by atoms with van der Waals surface area (Å²) in [5.74, 6) is -0.763. The van der Waals surface area contributed by atoms with Crippen molar-refractivity contribution in [2.45, 2.75) is 67.9 Å². The number of aliphatic carboxylic acids is 1. The molecular weight excluding hydrogens is 266 g/mol. The van der Waals surface area contributed by atoms with Gasteiger partial charge in [-0.1, -0.05) is 53.7 Å². The van der Waals surface area contributed by atoms with E-state index < -0.39 is 12.0 Å². The molecule has 21 heavy (non-hydrogen) atoms. The molecule has 0 radical (unpaired) electrons. The van der Waals surface area contributed by atoms with Gasteiger partial charge in [0.1, 0.15) is 11.8 Å². The standard InChI is InChI=1S/C11H15NO3.3C2H6/c1-6-3-8(4-7(2)10(6)13)5-9(12)11(14)15;3*1-2/h3-4,9,13H,5,12H2,1-2H3,(H,14,15);3*1-2H3. The van der Waals surface area contributed by atoms with Crippen LogP contribution in [0.4, 0.5) is 0 Å². The highest BCUT2D eigenvalue weighted by molar-refractivity contribution is 5.73. The lowest BCUT2D eigenvalue weighted by molar-refractivity contribution is -0.138. The SMILES string of the molecule is CC.CC.CC.Cc1cc(CC(N)C(=O)O)cc(C)c1O. The van der Waals surface area contributed by atoms with Crippen molar-refractivity contribution in [1.29, 1.82) is 0 Å². The van der Waals surface area contributed by atoms with Gasteiger partial charge in [0.05, 0.1) is 0 Å². The van der Waals surface area contributed by atoms with Crippen LogP contribution in [0.1, 0.15) is 58.2 Å². The monoisotopic (exact) mass is 299 g/mol. The van der Waals surface area contributed by atoms with Crippen molar-refractivity contribution >= 4 is 5.97 Å². The van der Waals surface area contributed by atoms with Gasteiger partial charge in [0.2, 0.25) is 0 Å². The molecule has 0 aromatic heterocycles. The summed E-state index contributed by atoms with van der Waals surface area (Å²) in [6, 6.07) is 2.62. The van der Waals surface area contributed by atoms with Gasteiger partial charge >= 0.3 is 5.97 Å². The first-order valence-electron chi connectivity index (χ1n) is 7.69. The fraction of sp³-hybridized carbons (Fsp3) is 0.588. The van der Waals surface area contributed by atoms with Crippen molar-refractivity contribution in [3.05, 3.63) is 28.8 Å². The second-order valence-electron chi connectivity index (χ2n) is 3.73. The first-order valence-corrected chi connectivity index (χ1v) is 7.69. The number of nitrogens with two attached hydrogens (primary N) is 1. The van der Waals surface area contributed by atoms with Crippen LogP contribution >= 0.6 is 0 Å². The Bertz CT molecular complexity index is 367. The molecule has 0 aliphatic rings. The Labute approximate surface area is 130 Å². The zero-order valence-corrected chi connectivity index (χ0v) is 14.8. The summed E-state index contributed by atoms with van der Waals surface area (Å²) in [5.41, 5.74) is 7.73. The molecule has 0 bridgehead atoms. The van der Waals surface area contributed by atoms with Crippen LogP contribution in [-0.4, -0.2) is 22.2 Å². The summed E-state index contributed by atoms with van der Waals surface area (Å²) in [6.45, 7) is 15.6. The van der Waals surface area contributed by atoms with E-state index in [-0.39, 0.29) is 12.2 Å². The number of benzene rings is 1. The third kappa shape index (κ3) is 9.91. The molecule has 4 heteroatoms. The molecule has 0 amide bonds. The van der Waals surface area contributed by atoms with E-state index in [1.165, 1.54) is 0 Å². The van der Waals surface area contributed by atoms with E-state index in [0.29, 0.717) is 0 Å². The van der Waals surface area contributed by atoms with Crippen LogP contribution in [0, 0.1) is 13.8 Å². The Morgan fingerprint density at radius 2 is 1.38 bits per heavy atom.